The maximum absolute atomic E-state index is 5.60. The zero-order chi connectivity index (χ0) is 19.7. The molecule has 0 aromatic carbocycles. The Hall–Kier alpha value is -0.900. The van der Waals surface area contributed by atoms with Gasteiger partial charge in [0.05, 0.1) is 12.6 Å². The molecule has 8 heteroatoms. The summed E-state index contributed by atoms with van der Waals surface area (Å²) in [5, 5.41) is 15.5. The fraction of sp³-hybridized carbons (Fsp3) is 0.850. The quantitative estimate of drug-likeness (QED) is 0.245. The van der Waals surface area contributed by atoms with E-state index in [2.05, 4.69) is 53.1 Å². The van der Waals surface area contributed by atoms with Gasteiger partial charge in [-0.25, -0.2) is 0 Å². The first-order valence-electron chi connectivity index (χ1n) is 10.4. The largest absolute Gasteiger partial charge is 0.379 e. The lowest BCUT2D eigenvalue weighted by Gasteiger charge is -2.28. The summed E-state index contributed by atoms with van der Waals surface area (Å²) in [6.07, 6.45) is 6.89. The number of aliphatic imine (C=N–C) groups is 1. The van der Waals surface area contributed by atoms with Crippen LogP contribution in [0.4, 0.5) is 0 Å². The molecule has 1 aromatic heterocycles. The number of hydrogen-bond acceptors (Lipinski definition) is 4. The number of ether oxygens (including phenoxy) is 1. The van der Waals surface area contributed by atoms with E-state index in [-0.39, 0.29) is 35.5 Å². The summed E-state index contributed by atoms with van der Waals surface area (Å²) in [4.78, 5) is 4.70. The molecule has 1 atom stereocenters. The molecule has 2 heterocycles. The number of nitrogens with zero attached hydrogens (tertiary/aromatic N) is 4. The van der Waals surface area contributed by atoms with Crippen LogP contribution in [0.2, 0.25) is 0 Å². The maximum Gasteiger partial charge on any atom is 0.191 e. The van der Waals surface area contributed by atoms with Crippen molar-refractivity contribution in [3.05, 3.63) is 11.6 Å². The van der Waals surface area contributed by atoms with Crippen molar-refractivity contribution in [1.82, 2.24) is 25.4 Å². The fourth-order valence-corrected chi connectivity index (χ4v) is 3.40. The zero-order valence-electron chi connectivity index (χ0n) is 18.3. The van der Waals surface area contributed by atoms with Crippen LogP contribution in [0.3, 0.4) is 0 Å². The van der Waals surface area contributed by atoms with Crippen molar-refractivity contribution < 1.29 is 4.74 Å². The molecular formula is C20H39IN6O. The highest BCUT2D eigenvalue weighted by molar-refractivity contribution is 14.0. The predicted molar refractivity (Wildman–Crippen MR) is 126 cm³/mol. The molecule has 0 radical (unpaired) electrons. The smallest absolute Gasteiger partial charge is 0.191 e. The summed E-state index contributed by atoms with van der Waals surface area (Å²) >= 11 is 0. The number of aryl methyl sites for hydroxylation is 2. The van der Waals surface area contributed by atoms with Crippen LogP contribution in [-0.2, 0) is 24.1 Å². The Labute approximate surface area is 187 Å². The Bertz CT molecular complexity index is 596. The van der Waals surface area contributed by atoms with Crippen molar-refractivity contribution in [1.29, 1.82) is 0 Å². The van der Waals surface area contributed by atoms with Crippen LogP contribution < -0.4 is 10.6 Å². The first-order valence-corrected chi connectivity index (χ1v) is 10.4. The molecule has 0 aliphatic carbocycles. The Kier molecular flexibility index (Phi) is 11.3. The number of halogens is 1. The van der Waals surface area contributed by atoms with Gasteiger partial charge in [-0.15, -0.1) is 34.2 Å². The lowest BCUT2D eigenvalue weighted by Crippen LogP contribution is -2.39. The molecule has 0 amide bonds. The molecule has 162 valence electrons. The third-order valence-corrected chi connectivity index (χ3v) is 5.07. The average Bonchev–Trinajstić information content (AvgIpc) is 2.84. The van der Waals surface area contributed by atoms with E-state index in [1.807, 2.05) is 0 Å². The van der Waals surface area contributed by atoms with Gasteiger partial charge in [0.1, 0.15) is 11.6 Å². The standard InChI is InChI=1S/C20H38N6O.HI/c1-6-21-19(23-15-16(27-5)20(2,3)4)22-13-10-12-18-25-24-17-11-8-7-9-14-26(17)18;/h16H,6-15H2,1-5H3,(H2,21,22,23);1H. The van der Waals surface area contributed by atoms with Gasteiger partial charge in [-0.2, -0.15) is 0 Å². The summed E-state index contributed by atoms with van der Waals surface area (Å²) in [7, 11) is 1.76. The van der Waals surface area contributed by atoms with Crippen molar-refractivity contribution >= 4 is 29.9 Å². The monoisotopic (exact) mass is 506 g/mol. The van der Waals surface area contributed by atoms with Crippen LogP contribution in [0.25, 0.3) is 0 Å². The first kappa shape index (κ1) is 25.1. The second-order valence-corrected chi connectivity index (χ2v) is 8.34. The van der Waals surface area contributed by atoms with Gasteiger partial charge in [0.25, 0.3) is 0 Å². The van der Waals surface area contributed by atoms with E-state index in [4.69, 9.17) is 9.73 Å². The lowest BCUT2D eigenvalue weighted by molar-refractivity contribution is 0.0241. The number of methoxy groups -OCH3 is 1. The topological polar surface area (TPSA) is 76.4 Å². The number of rotatable bonds is 8. The Morgan fingerprint density at radius 3 is 2.68 bits per heavy atom. The molecule has 1 aliphatic heterocycles. The molecule has 0 bridgehead atoms. The molecule has 1 unspecified atom stereocenters. The van der Waals surface area contributed by atoms with Gasteiger partial charge < -0.3 is 19.9 Å². The van der Waals surface area contributed by atoms with Gasteiger partial charge >= 0.3 is 0 Å². The zero-order valence-corrected chi connectivity index (χ0v) is 20.6. The highest BCUT2D eigenvalue weighted by Crippen LogP contribution is 2.21. The van der Waals surface area contributed by atoms with Crippen molar-refractivity contribution in [3.8, 4) is 0 Å². The molecule has 28 heavy (non-hydrogen) atoms. The molecule has 1 aliphatic rings. The van der Waals surface area contributed by atoms with Crippen LogP contribution >= 0.6 is 24.0 Å². The summed E-state index contributed by atoms with van der Waals surface area (Å²) < 4.78 is 7.93. The minimum Gasteiger partial charge on any atom is -0.379 e. The Balaban J connectivity index is 0.00000392. The summed E-state index contributed by atoms with van der Waals surface area (Å²) in [6, 6.07) is 0. The van der Waals surface area contributed by atoms with Crippen molar-refractivity contribution in [2.45, 2.75) is 78.9 Å². The SMILES string of the molecule is CCNC(=NCC(OC)C(C)(C)C)NCCCc1nnc2n1CCCCC2.I. The summed E-state index contributed by atoms with van der Waals surface area (Å²) in [6.45, 7) is 12.0. The maximum atomic E-state index is 5.60. The molecule has 0 spiro atoms. The third-order valence-electron chi connectivity index (χ3n) is 5.07. The number of nitrogens with one attached hydrogen (secondary N) is 2. The van der Waals surface area contributed by atoms with E-state index < -0.39 is 0 Å². The minimum absolute atomic E-state index is 0. The van der Waals surface area contributed by atoms with E-state index in [0.717, 1.165) is 56.5 Å². The second kappa shape index (κ2) is 12.6. The molecule has 1 aromatic rings. The van der Waals surface area contributed by atoms with Gasteiger partial charge in [-0.3, -0.25) is 4.99 Å². The van der Waals surface area contributed by atoms with Gasteiger partial charge in [-0.1, -0.05) is 27.2 Å². The van der Waals surface area contributed by atoms with Crippen LogP contribution in [0.5, 0.6) is 0 Å². The van der Waals surface area contributed by atoms with E-state index in [1.165, 1.54) is 19.3 Å². The van der Waals surface area contributed by atoms with Gasteiger partial charge in [0.2, 0.25) is 0 Å². The molecule has 2 N–H and O–H groups in total. The van der Waals surface area contributed by atoms with Crippen molar-refractivity contribution in [2.24, 2.45) is 10.4 Å². The van der Waals surface area contributed by atoms with Crippen molar-refractivity contribution in [3.63, 3.8) is 0 Å². The summed E-state index contributed by atoms with van der Waals surface area (Å²) in [5.41, 5.74) is 0.0705. The highest BCUT2D eigenvalue weighted by atomic mass is 127. The Morgan fingerprint density at radius 2 is 2.00 bits per heavy atom. The predicted octanol–water partition coefficient (Wildman–Crippen LogP) is 3.17. The normalized spacial score (nSPS) is 16.0. The van der Waals surface area contributed by atoms with Crippen molar-refractivity contribution in [2.75, 3.05) is 26.7 Å². The number of fused-ring (bicyclic) bond motifs is 1. The number of guanidine groups is 1. The average molecular weight is 506 g/mol. The molecule has 0 saturated heterocycles. The van der Waals surface area contributed by atoms with Crippen LogP contribution in [0.1, 0.15) is 65.0 Å². The second-order valence-electron chi connectivity index (χ2n) is 8.34. The minimum atomic E-state index is 0. The lowest BCUT2D eigenvalue weighted by atomic mass is 9.89. The van der Waals surface area contributed by atoms with E-state index in [0.29, 0.717) is 6.54 Å². The van der Waals surface area contributed by atoms with Gasteiger partial charge in [0.15, 0.2) is 5.96 Å². The fourth-order valence-electron chi connectivity index (χ4n) is 3.40. The molecule has 0 fully saturated rings. The van der Waals surface area contributed by atoms with E-state index in [9.17, 15) is 0 Å². The highest BCUT2D eigenvalue weighted by Gasteiger charge is 2.24. The molecule has 0 saturated carbocycles. The molecule has 2 rings (SSSR count). The third kappa shape index (κ3) is 7.85. The van der Waals surface area contributed by atoms with E-state index >= 15 is 0 Å². The molecular weight excluding hydrogens is 467 g/mol. The van der Waals surface area contributed by atoms with Crippen LogP contribution in [0.15, 0.2) is 4.99 Å². The van der Waals surface area contributed by atoms with Gasteiger partial charge in [0, 0.05) is 39.6 Å². The van der Waals surface area contributed by atoms with Crippen LogP contribution in [-0.4, -0.2) is 53.6 Å². The molecule has 7 nitrogen and oxygen atoms in total. The summed E-state index contributed by atoms with van der Waals surface area (Å²) in [5.74, 6) is 3.14. The number of hydrogen-bond donors (Lipinski definition) is 2. The van der Waals surface area contributed by atoms with Crippen LogP contribution in [0, 0.1) is 5.41 Å². The van der Waals surface area contributed by atoms with E-state index in [1.54, 1.807) is 7.11 Å². The first-order chi connectivity index (χ1) is 13.0. The Morgan fingerprint density at radius 1 is 1.21 bits per heavy atom. The number of aromatic nitrogens is 3. The van der Waals surface area contributed by atoms with Gasteiger partial charge in [-0.05, 0) is 31.6 Å².